The van der Waals surface area contributed by atoms with Crippen LogP contribution in [0.4, 0.5) is 0 Å². The van der Waals surface area contributed by atoms with E-state index in [0.29, 0.717) is 11.3 Å². The Balaban J connectivity index is 2.80. The number of ether oxygens (including phenoxy) is 1. The molecule has 2 rings (SSSR count). The van der Waals surface area contributed by atoms with Crippen LogP contribution in [0.25, 0.3) is 10.9 Å². The first kappa shape index (κ1) is 9.71. The Morgan fingerprint density at radius 1 is 1.47 bits per heavy atom. The third-order valence-corrected chi connectivity index (χ3v) is 2.61. The van der Waals surface area contributed by atoms with E-state index in [-0.39, 0.29) is 0 Å². The van der Waals surface area contributed by atoms with Crippen LogP contribution in [0.1, 0.15) is 16.1 Å². The number of aldehydes is 1. The van der Waals surface area contributed by atoms with Gasteiger partial charge in [0.2, 0.25) is 0 Å². The number of methoxy groups -OCH3 is 1. The largest absolute Gasteiger partial charge is 0.496 e. The molecule has 0 saturated carbocycles. The van der Waals surface area contributed by atoms with Crippen LogP contribution in [-0.2, 0) is 7.05 Å². The van der Waals surface area contributed by atoms with E-state index in [0.717, 1.165) is 22.9 Å². The van der Waals surface area contributed by atoms with Crippen molar-refractivity contribution in [3.8, 4) is 5.75 Å². The van der Waals surface area contributed by atoms with E-state index in [1.807, 2.05) is 20.0 Å². The average molecular weight is 204 g/mol. The fraction of sp³-hybridized carbons (Fsp3) is 0.273. The van der Waals surface area contributed by atoms with Gasteiger partial charge in [0.1, 0.15) is 5.75 Å². The molecule has 1 heterocycles. The van der Waals surface area contributed by atoms with Gasteiger partial charge in [0.15, 0.2) is 6.29 Å². The molecule has 4 heteroatoms. The molecule has 0 aliphatic rings. The third kappa shape index (κ3) is 1.38. The minimum absolute atomic E-state index is 0.557. The molecule has 2 aromatic rings. The van der Waals surface area contributed by atoms with E-state index in [4.69, 9.17) is 4.74 Å². The van der Waals surface area contributed by atoms with Crippen LogP contribution in [0.3, 0.4) is 0 Å². The summed E-state index contributed by atoms with van der Waals surface area (Å²) < 4.78 is 6.90. The molecule has 0 atom stereocenters. The predicted molar refractivity (Wildman–Crippen MR) is 57.4 cm³/mol. The first-order chi connectivity index (χ1) is 7.17. The van der Waals surface area contributed by atoms with Crippen LogP contribution in [0, 0.1) is 6.92 Å². The maximum atomic E-state index is 10.8. The van der Waals surface area contributed by atoms with Crippen molar-refractivity contribution in [2.75, 3.05) is 7.11 Å². The molecular weight excluding hydrogens is 192 g/mol. The number of fused-ring (bicyclic) bond motifs is 1. The first-order valence-corrected chi connectivity index (χ1v) is 4.64. The zero-order valence-corrected chi connectivity index (χ0v) is 8.94. The number of rotatable bonds is 2. The number of hydrogen-bond acceptors (Lipinski definition) is 3. The Kier molecular flexibility index (Phi) is 2.19. The highest BCUT2D eigenvalue weighted by molar-refractivity contribution is 5.91. The van der Waals surface area contributed by atoms with Gasteiger partial charge in [-0.1, -0.05) is 0 Å². The summed E-state index contributed by atoms with van der Waals surface area (Å²) in [5.41, 5.74) is 2.44. The maximum Gasteiger partial charge on any atom is 0.153 e. The average Bonchev–Trinajstić information content (AvgIpc) is 2.53. The molecule has 0 amide bonds. The molecule has 0 spiro atoms. The number of nitrogens with zero attached hydrogens (tertiary/aromatic N) is 2. The number of carbonyl (C=O) groups is 1. The van der Waals surface area contributed by atoms with Crippen LogP contribution in [0.15, 0.2) is 12.1 Å². The summed E-state index contributed by atoms with van der Waals surface area (Å²) in [6, 6.07) is 3.59. The molecule has 78 valence electrons. The van der Waals surface area contributed by atoms with Gasteiger partial charge in [-0.15, -0.1) is 0 Å². The molecule has 1 aromatic carbocycles. The lowest BCUT2D eigenvalue weighted by atomic mass is 10.1. The van der Waals surface area contributed by atoms with Gasteiger partial charge >= 0.3 is 0 Å². The first-order valence-electron chi connectivity index (χ1n) is 4.64. The summed E-state index contributed by atoms with van der Waals surface area (Å²) in [7, 11) is 3.42. The summed E-state index contributed by atoms with van der Waals surface area (Å²) >= 11 is 0. The quantitative estimate of drug-likeness (QED) is 0.699. The van der Waals surface area contributed by atoms with Gasteiger partial charge in [-0.25, -0.2) is 0 Å². The molecule has 0 aliphatic carbocycles. The van der Waals surface area contributed by atoms with E-state index in [1.54, 1.807) is 17.9 Å². The van der Waals surface area contributed by atoms with Crippen molar-refractivity contribution < 1.29 is 9.53 Å². The van der Waals surface area contributed by atoms with Crippen molar-refractivity contribution in [2.24, 2.45) is 7.05 Å². The van der Waals surface area contributed by atoms with Gasteiger partial charge in [-0.05, 0) is 13.0 Å². The molecule has 0 aliphatic heterocycles. The Hall–Kier alpha value is -1.84. The number of carbonyl (C=O) groups excluding carboxylic acids is 1. The zero-order chi connectivity index (χ0) is 11.0. The predicted octanol–water partition coefficient (Wildman–Crippen LogP) is 1.70. The molecule has 0 unspecified atom stereocenters. The van der Waals surface area contributed by atoms with E-state index in [1.165, 1.54) is 0 Å². The molecule has 0 saturated heterocycles. The van der Waals surface area contributed by atoms with Crippen molar-refractivity contribution in [3.05, 3.63) is 23.4 Å². The number of benzene rings is 1. The Morgan fingerprint density at radius 3 is 2.80 bits per heavy atom. The highest BCUT2D eigenvalue weighted by Crippen LogP contribution is 2.25. The Morgan fingerprint density at radius 2 is 2.20 bits per heavy atom. The van der Waals surface area contributed by atoms with Gasteiger partial charge in [-0.2, -0.15) is 5.10 Å². The summed E-state index contributed by atoms with van der Waals surface area (Å²) in [6.07, 6.45) is 0.796. The van der Waals surface area contributed by atoms with Gasteiger partial charge in [0.25, 0.3) is 0 Å². The minimum Gasteiger partial charge on any atom is -0.496 e. The smallest absolute Gasteiger partial charge is 0.153 e. The Labute approximate surface area is 87.5 Å². The number of hydrogen-bond donors (Lipinski definition) is 0. The maximum absolute atomic E-state index is 10.8. The molecular formula is C11H12N2O2. The second-order valence-electron chi connectivity index (χ2n) is 3.44. The monoisotopic (exact) mass is 204 g/mol. The normalized spacial score (nSPS) is 10.6. The fourth-order valence-corrected chi connectivity index (χ4v) is 1.64. The lowest BCUT2D eigenvalue weighted by Gasteiger charge is -2.02. The SMILES string of the molecule is COc1cc2nn(C)c(C)c2cc1C=O. The van der Waals surface area contributed by atoms with Gasteiger partial charge in [0.05, 0.1) is 18.2 Å². The van der Waals surface area contributed by atoms with Crippen LogP contribution < -0.4 is 4.74 Å². The van der Waals surface area contributed by atoms with Crippen molar-refractivity contribution in [1.29, 1.82) is 0 Å². The van der Waals surface area contributed by atoms with Gasteiger partial charge < -0.3 is 4.74 Å². The summed E-state index contributed by atoms with van der Waals surface area (Å²) in [4.78, 5) is 10.8. The van der Waals surface area contributed by atoms with E-state index in [9.17, 15) is 4.79 Å². The molecule has 0 bridgehead atoms. The lowest BCUT2D eigenvalue weighted by molar-refractivity contribution is 0.112. The topological polar surface area (TPSA) is 44.1 Å². The van der Waals surface area contributed by atoms with Crippen molar-refractivity contribution >= 4 is 17.2 Å². The highest BCUT2D eigenvalue weighted by atomic mass is 16.5. The molecule has 4 nitrogen and oxygen atoms in total. The van der Waals surface area contributed by atoms with Crippen LogP contribution >= 0.6 is 0 Å². The minimum atomic E-state index is 0.557. The third-order valence-electron chi connectivity index (χ3n) is 2.61. The Bertz CT molecular complexity index is 529. The molecule has 0 N–H and O–H groups in total. The van der Waals surface area contributed by atoms with Crippen LogP contribution in [0.2, 0.25) is 0 Å². The van der Waals surface area contributed by atoms with Gasteiger partial charge in [-0.3, -0.25) is 9.48 Å². The van der Waals surface area contributed by atoms with E-state index < -0.39 is 0 Å². The van der Waals surface area contributed by atoms with Crippen LogP contribution in [-0.4, -0.2) is 23.2 Å². The summed E-state index contributed by atoms with van der Waals surface area (Å²) in [5.74, 6) is 0.565. The van der Waals surface area contributed by atoms with Crippen molar-refractivity contribution in [3.63, 3.8) is 0 Å². The second kappa shape index (κ2) is 3.38. The summed E-state index contributed by atoms with van der Waals surface area (Å²) in [5, 5.41) is 5.30. The fourth-order valence-electron chi connectivity index (χ4n) is 1.64. The molecule has 1 aromatic heterocycles. The van der Waals surface area contributed by atoms with Crippen LogP contribution in [0.5, 0.6) is 5.75 Å². The molecule has 0 fully saturated rings. The highest BCUT2D eigenvalue weighted by Gasteiger charge is 2.10. The molecule has 15 heavy (non-hydrogen) atoms. The van der Waals surface area contributed by atoms with Gasteiger partial charge in [0, 0.05) is 24.2 Å². The number of aryl methyl sites for hydroxylation is 2. The zero-order valence-electron chi connectivity index (χ0n) is 8.94. The standard InChI is InChI=1S/C11H12N2O2/c1-7-9-4-8(6-14)11(15-3)5-10(9)12-13(7)2/h4-6H,1-3H3. The van der Waals surface area contributed by atoms with Crippen molar-refractivity contribution in [2.45, 2.75) is 6.92 Å². The lowest BCUT2D eigenvalue weighted by Crippen LogP contribution is -1.91. The second-order valence-corrected chi connectivity index (χ2v) is 3.44. The van der Waals surface area contributed by atoms with E-state index >= 15 is 0 Å². The summed E-state index contributed by atoms with van der Waals surface area (Å²) in [6.45, 7) is 1.97. The van der Waals surface area contributed by atoms with Crippen molar-refractivity contribution in [1.82, 2.24) is 9.78 Å². The molecule has 0 radical (unpaired) electrons. The number of aromatic nitrogens is 2. The van der Waals surface area contributed by atoms with E-state index in [2.05, 4.69) is 5.10 Å².